The summed E-state index contributed by atoms with van der Waals surface area (Å²) in [6, 6.07) is 2.57. The predicted octanol–water partition coefficient (Wildman–Crippen LogP) is 2.28. The zero-order valence-corrected chi connectivity index (χ0v) is 16.6. The van der Waals surface area contributed by atoms with Crippen molar-refractivity contribution in [2.24, 2.45) is 0 Å². The van der Waals surface area contributed by atoms with Gasteiger partial charge in [0.25, 0.3) is 0 Å². The number of amides is 1. The summed E-state index contributed by atoms with van der Waals surface area (Å²) in [5.74, 6) is -0.408. The van der Waals surface area contributed by atoms with Crippen LogP contribution >= 0.6 is 11.8 Å². The Bertz CT molecular complexity index is 921. The Kier molecular flexibility index (Phi) is 6.90. The molecule has 0 aliphatic carbocycles. The number of aliphatic carboxylic acids is 1. The first-order valence-electron chi connectivity index (χ1n) is 8.41. The maximum atomic E-state index is 12.4. The molecule has 1 atom stereocenters. The number of methoxy groups -OCH3 is 1. The van der Waals surface area contributed by atoms with Gasteiger partial charge in [-0.2, -0.15) is 11.8 Å². The second-order valence-electron chi connectivity index (χ2n) is 6.18. The van der Waals surface area contributed by atoms with Crippen LogP contribution in [0.4, 0.5) is 0 Å². The lowest BCUT2D eigenvalue weighted by atomic mass is 10.0. The SMILES string of the molecule is COc1ccc2c(C)c(CC(=O)N[C@H](CCSC)C(=O)O)c(=O)oc2c1C. The minimum Gasteiger partial charge on any atom is -0.496 e. The largest absolute Gasteiger partial charge is 0.496 e. The van der Waals surface area contributed by atoms with Gasteiger partial charge in [-0.25, -0.2) is 9.59 Å². The van der Waals surface area contributed by atoms with Crippen LogP contribution in [0.25, 0.3) is 11.0 Å². The number of hydrogen-bond donors (Lipinski definition) is 2. The summed E-state index contributed by atoms with van der Waals surface area (Å²) in [7, 11) is 1.54. The van der Waals surface area contributed by atoms with Gasteiger partial charge in [-0.3, -0.25) is 4.79 Å². The molecule has 0 spiro atoms. The van der Waals surface area contributed by atoms with Crippen LogP contribution in [0.15, 0.2) is 21.3 Å². The van der Waals surface area contributed by atoms with Crippen LogP contribution in [0, 0.1) is 13.8 Å². The first-order valence-corrected chi connectivity index (χ1v) is 9.80. The van der Waals surface area contributed by atoms with E-state index >= 15 is 0 Å². The van der Waals surface area contributed by atoms with E-state index in [0.29, 0.717) is 40.0 Å². The van der Waals surface area contributed by atoms with E-state index in [-0.39, 0.29) is 12.0 Å². The summed E-state index contributed by atoms with van der Waals surface area (Å²) in [6.45, 7) is 3.54. The zero-order chi connectivity index (χ0) is 20.1. The highest BCUT2D eigenvalue weighted by atomic mass is 32.2. The van der Waals surface area contributed by atoms with Crippen LogP contribution in [0.1, 0.15) is 23.1 Å². The number of hydrogen-bond acceptors (Lipinski definition) is 6. The Hall–Kier alpha value is -2.48. The molecule has 2 rings (SSSR count). The maximum absolute atomic E-state index is 12.4. The summed E-state index contributed by atoms with van der Waals surface area (Å²) in [5, 5.41) is 12.4. The van der Waals surface area contributed by atoms with Crippen LogP contribution in [-0.4, -0.2) is 42.1 Å². The molecule has 0 aliphatic rings. The number of benzene rings is 1. The van der Waals surface area contributed by atoms with Crippen molar-refractivity contribution < 1.29 is 23.8 Å². The third-order valence-electron chi connectivity index (χ3n) is 4.46. The van der Waals surface area contributed by atoms with E-state index < -0.39 is 23.5 Å². The average molecular weight is 393 g/mol. The third-order valence-corrected chi connectivity index (χ3v) is 5.10. The number of carbonyl (C=O) groups excluding carboxylic acids is 1. The third kappa shape index (κ3) is 4.63. The number of carbonyl (C=O) groups is 2. The standard InChI is InChI=1S/C19H23NO6S/c1-10-12-5-6-15(25-3)11(2)17(12)26-19(24)13(10)9-16(21)20-14(18(22)23)7-8-27-4/h5-6,14H,7-9H2,1-4H3,(H,20,21)(H,22,23)/t14-/m1/s1. The number of ether oxygens (including phenoxy) is 1. The van der Waals surface area contributed by atoms with Crippen LogP contribution in [0.3, 0.4) is 0 Å². The lowest BCUT2D eigenvalue weighted by molar-refractivity contribution is -0.141. The van der Waals surface area contributed by atoms with Crippen LogP contribution < -0.4 is 15.7 Å². The molecule has 0 bridgehead atoms. The van der Waals surface area contributed by atoms with E-state index in [2.05, 4.69) is 5.32 Å². The number of thioether (sulfide) groups is 1. The van der Waals surface area contributed by atoms with Gasteiger partial charge in [0.15, 0.2) is 0 Å². The number of nitrogens with one attached hydrogen (secondary N) is 1. The van der Waals surface area contributed by atoms with Gasteiger partial charge < -0.3 is 19.6 Å². The number of aryl methyl sites for hydroxylation is 2. The van der Waals surface area contributed by atoms with Crippen molar-refractivity contribution >= 4 is 34.6 Å². The van der Waals surface area contributed by atoms with Crippen molar-refractivity contribution in [1.82, 2.24) is 5.32 Å². The van der Waals surface area contributed by atoms with Crippen LogP contribution in [0.5, 0.6) is 5.75 Å². The molecule has 2 N–H and O–H groups in total. The van der Waals surface area contributed by atoms with E-state index in [1.807, 2.05) is 6.26 Å². The normalized spacial score (nSPS) is 12.0. The van der Waals surface area contributed by atoms with Gasteiger partial charge in [0.2, 0.25) is 5.91 Å². The first-order chi connectivity index (χ1) is 12.8. The molecule has 0 fully saturated rings. The smallest absolute Gasteiger partial charge is 0.340 e. The lowest BCUT2D eigenvalue weighted by Crippen LogP contribution is -2.42. The number of rotatable bonds is 8. The minimum absolute atomic E-state index is 0.221. The summed E-state index contributed by atoms with van der Waals surface area (Å²) < 4.78 is 10.7. The van der Waals surface area contributed by atoms with Gasteiger partial charge >= 0.3 is 11.6 Å². The van der Waals surface area contributed by atoms with Crippen molar-refractivity contribution in [2.75, 3.05) is 19.1 Å². The zero-order valence-electron chi connectivity index (χ0n) is 15.8. The second-order valence-corrected chi connectivity index (χ2v) is 7.16. The summed E-state index contributed by atoms with van der Waals surface area (Å²) in [5.41, 5.74) is 1.37. The second kappa shape index (κ2) is 8.94. The number of carboxylic acid groups (broad SMARTS) is 1. The van der Waals surface area contributed by atoms with Gasteiger partial charge in [-0.15, -0.1) is 0 Å². The molecule has 1 aromatic carbocycles. The number of fused-ring (bicyclic) bond motifs is 1. The Morgan fingerprint density at radius 2 is 2.00 bits per heavy atom. The van der Waals surface area contributed by atoms with E-state index in [0.717, 1.165) is 0 Å². The fourth-order valence-corrected chi connectivity index (χ4v) is 3.37. The highest BCUT2D eigenvalue weighted by molar-refractivity contribution is 7.98. The van der Waals surface area contributed by atoms with Crippen molar-refractivity contribution in [1.29, 1.82) is 0 Å². The van der Waals surface area contributed by atoms with Gasteiger partial charge in [0.05, 0.1) is 19.1 Å². The van der Waals surface area contributed by atoms with Gasteiger partial charge in [0.1, 0.15) is 17.4 Å². The van der Waals surface area contributed by atoms with E-state index in [4.69, 9.17) is 9.15 Å². The lowest BCUT2D eigenvalue weighted by Gasteiger charge is -2.15. The van der Waals surface area contributed by atoms with Crippen molar-refractivity contribution in [3.8, 4) is 5.75 Å². The van der Waals surface area contributed by atoms with Gasteiger partial charge in [-0.05, 0) is 50.0 Å². The molecule has 0 aliphatic heterocycles. The van der Waals surface area contributed by atoms with Gasteiger partial charge in [-0.1, -0.05) is 0 Å². The van der Waals surface area contributed by atoms with Crippen molar-refractivity contribution in [3.05, 3.63) is 39.2 Å². The highest BCUT2D eigenvalue weighted by Gasteiger charge is 2.22. The summed E-state index contributed by atoms with van der Waals surface area (Å²) in [6.07, 6.45) is 1.94. The molecule has 7 nitrogen and oxygen atoms in total. The van der Waals surface area contributed by atoms with Gasteiger partial charge in [0, 0.05) is 10.9 Å². The maximum Gasteiger partial charge on any atom is 0.340 e. The minimum atomic E-state index is -1.10. The Morgan fingerprint density at radius 3 is 2.59 bits per heavy atom. The molecule has 0 saturated carbocycles. The molecule has 8 heteroatoms. The molecule has 0 saturated heterocycles. The molecular formula is C19H23NO6S. The van der Waals surface area contributed by atoms with E-state index in [9.17, 15) is 19.5 Å². The quantitative estimate of drug-likeness (QED) is 0.663. The molecule has 146 valence electrons. The molecular weight excluding hydrogens is 370 g/mol. The molecule has 1 aromatic heterocycles. The predicted molar refractivity (Wildman–Crippen MR) is 105 cm³/mol. The molecule has 0 radical (unpaired) electrons. The van der Waals surface area contributed by atoms with Crippen LogP contribution in [0.2, 0.25) is 0 Å². The highest BCUT2D eigenvalue weighted by Crippen LogP contribution is 2.29. The average Bonchev–Trinajstić information content (AvgIpc) is 2.62. The molecule has 27 heavy (non-hydrogen) atoms. The fourth-order valence-electron chi connectivity index (χ4n) is 2.90. The van der Waals surface area contributed by atoms with E-state index in [1.165, 1.54) is 18.9 Å². The van der Waals surface area contributed by atoms with Crippen LogP contribution in [-0.2, 0) is 16.0 Å². The Morgan fingerprint density at radius 1 is 1.30 bits per heavy atom. The molecule has 2 aromatic rings. The monoisotopic (exact) mass is 393 g/mol. The van der Waals surface area contributed by atoms with E-state index in [1.54, 1.807) is 26.0 Å². The Balaban J connectivity index is 2.32. The van der Waals surface area contributed by atoms with Crippen molar-refractivity contribution in [2.45, 2.75) is 32.7 Å². The molecule has 0 unspecified atom stereocenters. The topological polar surface area (TPSA) is 106 Å². The first kappa shape index (κ1) is 20.8. The molecule has 1 heterocycles. The number of carboxylic acids is 1. The summed E-state index contributed by atoms with van der Waals surface area (Å²) in [4.78, 5) is 36.0. The summed E-state index contributed by atoms with van der Waals surface area (Å²) >= 11 is 1.50. The Labute approximate surface area is 161 Å². The molecule has 1 amide bonds. The fraction of sp³-hybridized carbons (Fsp3) is 0.421. The van der Waals surface area contributed by atoms with Crippen molar-refractivity contribution in [3.63, 3.8) is 0 Å².